The number of rotatable bonds is 5. The molecular weight excluding hydrogens is 320 g/mol. The van der Waals surface area contributed by atoms with Gasteiger partial charge in [0.1, 0.15) is 5.75 Å². The SMILES string of the molecule is COc1ccc(SCc2noc(-c3ccc(Cl)cc3)n2)cc1. The van der Waals surface area contributed by atoms with Crippen molar-refractivity contribution in [1.82, 2.24) is 10.1 Å². The number of methoxy groups -OCH3 is 1. The van der Waals surface area contributed by atoms with Gasteiger partial charge in [0.05, 0.1) is 12.9 Å². The Kier molecular flexibility index (Phi) is 4.65. The van der Waals surface area contributed by atoms with Gasteiger partial charge in [0.25, 0.3) is 5.89 Å². The topological polar surface area (TPSA) is 48.2 Å². The molecule has 0 saturated carbocycles. The van der Waals surface area contributed by atoms with Gasteiger partial charge in [0.2, 0.25) is 0 Å². The fraction of sp³-hybridized carbons (Fsp3) is 0.125. The molecule has 0 saturated heterocycles. The standard InChI is InChI=1S/C16H13ClN2O2S/c1-20-13-6-8-14(9-7-13)22-10-15-18-16(21-19-15)11-2-4-12(17)5-3-11/h2-9H,10H2,1H3. The van der Waals surface area contributed by atoms with Crippen LogP contribution in [0.15, 0.2) is 57.9 Å². The van der Waals surface area contributed by atoms with E-state index in [4.69, 9.17) is 20.9 Å². The molecule has 0 radical (unpaired) electrons. The lowest BCUT2D eigenvalue weighted by molar-refractivity contribution is 0.414. The van der Waals surface area contributed by atoms with Crippen LogP contribution >= 0.6 is 23.4 Å². The van der Waals surface area contributed by atoms with E-state index in [9.17, 15) is 0 Å². The number of aromatic nitrogens is 2. The maximum absolute atomic E-state index is 5.86. The summed E-state index contributed by atoms with van der Waals surface area (Å²) in [4.78, 5) is 5.52. The summed E-state index contributed by atoms with van der Waals surface area (Å²) >= 11 is 7.51. The van der Waals surface area contributed by atoms with Crippen LogP contribution in [0.3, 0.4) is 0 Å². The van der Waals surface area contributed by atoms with Crippen LogP contribution in [0.1, 0.15) is 5.82 Å². The number of hydrogen-bond acceptors (Lipinski definition) is 5. The number of hydrogen-bond donors (Lipinski definition) is 0. The molecule has 2 aromatic carbocycles. The molecule has 0 aliphatic heterocycles. The highest BCUT2D eigenvalue weighted by Gasteiger charge is 2.09. The summed E-state index contributed by atoms with van der Waals surface area (Å²) in [5.41, 5.74) is 0.859. The van der Waals surface area contributed by atoms with Gasteiger partial charge in [0, 0.05) is 15.5 Å². The minimum atomic E-state index is 0.502. The van der Waals surface area contributed by atoms with Crippen LogP contribution in [0, 0.1) is 0 Å². The van der Waals surface area contributed by atoms with E-state index in [2.05, 4.69) is 10.1 Å². The zero-order valence-electron chi connectivity index (χ0n) is 11.8. The third-order valence-corrected chi connectivity index (χ3v) is 4.25. The summed E-state index contributed by atoms with van der Waals surface area (Å²) in [6, 6.07) is 15.2. The predicted octanol–water partition coefficient (Wildman–Crippen LogP) is 4.69. The van der Waals surface area contributed by atoms with Gasteiger partial charge in [-0.2, -0.15) is 4.98 Å². The van der Waals surface area contributed by atoms with Crippen molar-refractivity contribution < 1.29 is 9.26 Å². The first-order chi connectivity index (χ1) is 10.7. The van der Waals surface area contributed by atoms with Crippen molar-refractivity contribution in [2.45, 2.75) is 10.6 Å². The normalized spacial score (nSPS) is 10.6. The molecule has 1 aromatic heterocycles. The predicted molar refractivity (Wildman–Crippen MR) is 87.3 cm³/mol. The lowest BCUT2D eigenvalue weighted by Crippen LogP contribution is -1.85. The second-order valence-electron chi connectivity index (χ2n) is 4.49. The monoisotopic (exact) mass is 332 g/mol. The van der Waals surface area contributed by atoms with Crippen LogP contribution in [0.5, 0.6) is 5.75 Å². The van der Waals surface area contributed by atoms with Crippen molar-refractivity contribution in [2.24, 2.45) is 0 Å². The lowest BCUT2D eigenvalue weighted by Gasteiger charge is -2.01. The van der Waals surface area contributed by atoms with Crippen molar-refractivity contribution in [3.8, 4) is 17.2 Å². The molecule has 0 bridgehead atoms. The van der Waals surface area contributed by atoms with Gasteiger partial charge in [-0.1, -0.05) is 16.8 Å². The maximum Gasteiger partial charge on any atom is 0.257 e. The Hall–Kier alpha value is -1.98. The Balaban J connectivity index is 1.65. The molecule has 4 nitrogen and oxygen atoms in total. The Morgan fingerprint density at radius 1 is 1.09 bits per heavy atom. The highest BCUT2D eigenvalue weighted by atomic mass is 35.5. The first-order valence-corrected chi connectivity index (χ1v) is 7.96. The molecular formula is C16H13ClN2O2S. The van der Waals surface area contributed by atoms with Crippen molar-refractivity contribution in [2.75, 3.05) is 7.11 Å². The Morgan fingerprint density at radius 3 is 2.50 bits per heavy atom. The van der Waals surface area contributed by atoms with Crippen LogP contribution in [-0.4, -0.2) is 17.3 Å². The van der Waals surface area contributed by atoms with E-state index in [-0.39, 0.29) is 0 Å². The van der Waals surface area contributed by atoms with Crippen molar-refractivity contribution in [3.63, 3.8) is 0 Å². The molecule has 1 heterocycles. The molecule has 0 amide bonds. The second-order valence-corrected chi connectivity index (χ2v) is 5.97. The van der Waals surface area contributed by atoms with Gasteiger partial charge in [-0.15, -0.1) is 11.8 Å². The minimum absolute atomic E-state index is 0.502. The fourth-order valence-electron chi connectivity index (χ4n) is 1.84. The Morgan fingerprint density at radius 2 is 1.82 bits per heavy atom. The van der Waals surface area contributed by atoms with E-state index in [1.54, 1.807) is 31.0 Å². The molecule has 0 fully saturated rings. The van der Waals surface area contributed by atoms with Gasteiger partial charge >= 0.3 is 0 Å². The quantitative estimate of drug-likeness (QED) is 0.634. The third kappa shape index (κ3) is 3.61. The average Bonchev–Trinajstić information content (AvgIpc) is 3.03. The molecule has 22 heavy (non-hydrogen) atoms. The van der Waals surface area contributed by atoms with Crippen LogP contribution in [0.25, 0.3) is 11.5 Å². The van der Waals surface area contributed by atoms with Crippen LogP contribution in [-0.2, 0) is 5.75 Å². The van der Waals surface area contributed by atoms with Gasteiger partial charge in [0.15, 0.2) is 5.82 Å². The molecule has 0 N–H and O–H groups in total. The second kappa shape index (κ2) is 6.85. The number of thioether (sulfide) groups is 1. The van der Waals surface area contributed by atoms with Crippen molar-refractivity contribution in [3.05, 3.63) is 59.4 Å². The summed E-state index contributed by atoms with van der Waals surface area (Å²) in [5, 5.41) is 4.68. The molecule has 6 heteroatoms. The van der Waals surface area contributed by atoms with E-state index in [0.29, 0.717) is 22.5 Å². The molecule has 3 rings (SSSR count). The molecule has 0 aliphatic carbocycles. The molecule has 0 aliphatic rings. The summed E-state index contributed by atoms with van der Waals surface area (Å²) in [7, 11) is 1.65. The summed E-state index contributed by atoms with van der Waals surface area (Å²) in [6.45, 7) is 0. The number of halogens is 1. The number of benzene rings is 2. The Bertz CT molecular complexity index is 742. The van der Waals surface area contributed by atoms with E-state index in [0.717, 1.165) is 16.2 Å². The van der Waals surface area contributed by atoms with E-state index < -0.39 is 0 Å². The van der Waals surface area contributed by atoms with Crippen LogP contribution in [0.4, 0.5) is 0 Å². The molecule has 0 spiro atoms. The fourth-order valence-corrected chi connectivity index (χ4v) is 2.71. The largest absolute Gasteiger partial charge is 0.497 e. The lowest BCUT2D eigenvalue weighted by atomic mass is 10.2. The van der Waals surface area contributed by atoms with E-state index >= 15 is 0 Å². The van der Waals surface area contributed by atoms with Gasteiger partial charge in [-0.3, -0.25) is 0 Å². The Labute approximate surface area is 137 Å². The first kappa shape index (κ1) is 14.9. The van der Waals surface area contributed by atoms with Gasteiger partial charge < -0.3 is 9.26 Å². The highest BCUT2D eigenvalue weighted by Crippen LogP contribution is 2.25. The highest BCUT2D eigenvalue weighted by molar-refractivity contribution is 7.98. The van der Waals surface area contributed by atoms with Crippen molar-refractivity contribution >= 4 is 23.4 Å². The third-order valence-electron chi connectivity index (χ3n) is 2.99. The number of ether oxygens (including phenoxy) is 1. The number of nitrogens with zero attached hydrogens (tertiary/aromatic N) is 2. The van der Waals surface area contributed by atoms with Gasteiger partial charge in [-0.05, 0) is 48.5 Å². The zero-order valence-corrected chi connectivity index (χ0v) is 13.4. The molecule has 0 atom stereocenters. The summed E-state index contributed by atoms with van der Waals surface area (Å²) in [5.74, 6) is 2.64. The molecule has 3 aromatic rings. The van der Waals surface area contributed by atoms with E-state index in [1.807, 2.05) is 36.4 Å². The van der Waals surface area contributed by atoms with Gasteiger partial charge in [-0.25, -0.2) is 0 Å². The van der Waals surface area contributed by atoms with Crippen LogP contribution < -0.4 is 4.74 Å². The first-order valence-electron chi connectivity index (χ1n) is 6.60. The summed E-state index contributed by atoms with van der Waals surface area (Å²) < 4.78 is 10.4. The minimum Gasteiger partial charge on any atom is -0.497 e. The summed E-state index contributed by atoms with van der Waals surface area (Å²) in [6.07, 6.45) is 0. The smallest absolute Gasteiger partial charge is 0.257 e. The zero-order chi connectivity index (χ0) is 15.4. The molecule has 112 valence electrons. The average molecular weight is 333 g/mol. The van der Waals surface area contributed by atoms with Crippen molar-refractivity contribution in [1.29, 1.82) is 0 Å². The van der Waals surface area contributed by atoms with E-state index in [1.165, 1.54) is 0 Å². The molecule has 0 unspecified atom stereocenters. The maximum atomic E-state index is 5.86. The van der Waals surface area contributed by atoms with Crippen LogP contribution in [0.2, 0.25) is 5.02 Å².